The van der Waals surface area contributed by atoms with Crippen LogP contribution in [0.2, 0.25) is 0 Å². The number of hydrogen-bond acceptors (Lipinski definition) is 3. The standard InChI is InChI=1S/C24H33ClN2O3/c1-4-18(3)16-22(25)26-23(28)17-20-12-14-27(15-13-20)24(29)11-8-19-6-9-21(10-7-19)30-5-2/h4,6-7,9-10,20,22H,1,3,5,8,11-17H2,2H3,(H,26,28)/t22-/m0/s1. The van der Waals surface area contributed by atoms with E-state index in [2.05, 4.69) is 18.5 Å². The third-order valence-corrected chi connectivity index (χ3v) is 5.61. The van der Waals surface area contributed by atoms with Gasteiger partial charge >= 0.3 is 0 Å². The number of aryl methyl sites for hydroxylation is 1. The first-order valence-corrected chi connectivity index (χ1v) is 11.1. The molecule has 0 spiro atoms. The second kappa shape index (κ2) is 12.4. The molecule has 0 saturated carbocycles. The molecule has 1 saturated heterocycles. The Balaban J connectivity index is 1.67. The lowest BCUT2D eigenvalue weighted by atomic mass is 9.93. The zero-order valence-electron chi connectivity index (χ0n) is 17.9. The van der Waals surface area contributed by atoms with Crippen LogP contribution in [0.4, 0.5) is 0 Å². The van der Waals surface area contributed by atoms with E-state index in [-0.39, 0.29) is 17.7 Å². The molecule has 2 rings (SSSR count). The molecule has 0 aliphatic carbocycles. The van der Waals surface area contributed by atoms with Crippen molar-refractivity contribution in [2.45, 2.75) is 50.9 Å². The van der Waals surface area contributed by atoms with Gasteiger partial charge in [0.15, 0.2) is 0 Å². The molecule has 1 aliphatic heterocycles. The van der Waals surface area contributed by atoms with Crippen LogP contribution >= 0.6 is 11.6 Å². The van der Waals surface area contributed by atoms with Gasteiger partial charge in [0.1, 0.15) is 11.3 Å². The summed E-state index contributed by atoms with van der Waals surface area (Å²) in [4.78, 5) is 26.6. The van der Waals surface area contributed by atoms with Crippen molar-refractivity contribution < 1.29 is 14.3 Å². The van der Waals surface area contributed by atoms with Crippen molar-refractivity contribution in [1.29, 1.82) is 0 Å². The van der Waals surface area contributed by atoms with Crippen LogP contribution in [-0.4, -0.2) is 41.9 Å². The van der Waals surface area contributed by atoms with E-state index in [1.807, 2.05) is 36.1 Å². The van der Waals surface area contributed by atoms with Gasteiger partial charge in [-0.15, -0.1) is 0 Å². The Labute approximate surface area is 185 Å². The number of nitrogens with zero attached hydrogens (tertiary/aromatic N) is 1. The fourth-order valence-corrected chi connectivity index (χ4v) is 3.90. The van der Waals surface area contributed by atoms with E-state index in [4.69, 9.17) is 16.3 Å². The minimum absolute atomic E-state index is 0.0489. The molecule has 1 aliphatic rings. The number of halogens is 1. The fraction of sp³-hybridized carbons (Fsp3) is 0.500. The van der Waals surface area contributed by atoms with E-state index in [1.165, 1.54) is 0 Å². The molecule has 5 nitrogen and oxygen atoms in total. The first-order chi connectivity index (χ1) is 14.4. The van der Waals surface area contributed by atoms with Crippen LogP contribution in [0.25, 0.3) is 0 Å². The number of hydrogen-bond donors (Lipinski definition) is 1. The van der Waals surface area contributed by atoms with Crippen molar-refractivity contribution in [1.82, 2.24) is 10.2 Å². The Kier molecular flexibility index (Phi) is 9.95. The first-order valence-electron chi connectivity index (χ1n) is 10.6. The van der Waals surface area contributed by atoms with Gasteiger partial charge in [-0.25, -0.2) is 0 Å². The van der Waals surface area contributed by atoms with E-state index in [9.17, 15) is 9.59 Å². The summed E-state index contributed by atoms with van der Waals surface area (Å²) in [6.07, 6.45) is 5.48. The number of rotatable bonds is 11. The molecule has 1 N–H and O–H groups in total. The highest BCUT2D eigenvalue weighted by Gasteiger charge is 2.24. The highest BCUT2D eigenvalue weighted by Crippen LogP contribution is 2.22. The van der Waals surface area contributed by atoms with Crippen LogP contribution in [0.3, 0.4) is 0 Å². The molecule has 6 heteroatoms. The van der Waals surface area contributed by atoms with Gasteiger partial charge in [0, 0.05) is 32.4 Å². The molecule has 0 radical (unpaired) electrons. The van der Waals surface area contributed by atoms with Gasteiger partial charge in [-0.2, -0.15) is 0 Å². The summed E-state index contributed by atoms with van der Waals surface area (Å²) in [5.74, 6) is 1.26. The van der Waals surface area contributed by atoms with Gasteiger partial charge < -0.3 is 15.0 Å². The molecule has 0 bridgehead atoms. The van der Waals surface area contributed by atoms with E-state index >= 15 is 0 Å². The second-order valence-corrected chi connectivity index (χ2v) is 8.23. The summed E-state index contributed by atoms with van der Waals surface area (Å²) in [5.41, 5.74) is 1.47. The number of likely N-dealkylation sites (tertiary alicyclic amines) is 1. The summed E-state index contributed by atoms with van der Waals surface area (Å²) in [6.45, 7) is 11.5. The summed E-state index contributed by atoms with van der Waals surface area (Å²) >= 11 is 6.14. The van der Waals surface area contributed by atoms with Crippen LogP contribution in [0, 0.1) is 5.92 Å². The van der Waals surface area contributed by atoms with E-state index in [0.29, 0.717) is 39.0 Å². The average Bonchev–Trinajstić information content (AvgIpc) is 2.73. The third-order valence-electron chi connectivity index (χ3n) is 5.35. The van der Waals surface area contributed by atoms with Crippen LogP contribution in [0.1, 0.15) is 44.6 Å². The highest BCUT2D eigenvalue weighted by molar-refractivity contribution is 6.21. The monoisotopic (exact) mass is 432 g/mol. The predicted octanol–water partition coefficient (Wildman–Crippen LogP) is 4.46. The molecule has 1 atom stereocenters. The first kappa shape index (κ1) is 24.0. The molecule has 30 heavy (non-hydrogen) atoms. The van der Waals surface area contributed by atoms with Crippen molar-refractivity contribution in [2.24, 2.45) is 5.92 Å². The molecule has 2 amide bonds. The van der Waals surface area contributed by atoms with Crippen LogP contribution in [-0.2, 0) is 16.0 Å². The number of carbonyl (C=O) groups excluding carboxylic acids is 2. The normalized spacial score (nSPS) is 15.3. The fourth-order valence-electron chi connectivity index (χ4n) is 3.58. The molecule has 0 unspecified atom stereocenters. The topological polar surface area (TPSA) is 58.6 Å². The summed E-state index contributed by atoms with van der Waals surface area (Å²) in [7, 11) is 0. The minimum atomic E-state index is -0.465. The maximum atomic E-state index is 12.5. The summed E-state index contributed by atoms with van der Waals surface area (Å²) in [6, 6.07) is 7.91. The Morgan fingerprint density at radius 1 is 1.30 bits per heavy atom. The summed E-state index contributed by atoms with van der Waals surface area (Å²) < 4.78 is 5.44. The molecule has 1 aromatic carbocycles. The Bertz CT molecular complexity index is 724. The number of amides is 2. The van der Waals surface area contributed by atoms with Crippen molar-refractivity contribution in [3.63, 3.8) is 0 Å². The number of carbonyl (C=O) groups is 2. The number of alkyl halides is 1. The number of benzene rings is 1. The molecular formula is C24H33ClN2O3. The number of piperidine rings is 1. The van der Waals surface area contributed by atoms with Gasteiger partial charge in [-0.05, 0) is 49.8 Å². The zero-order valence-corrected chi connectivity index (χ0v) is 18.6. The maximum absolute atomic E-state index is 12.5. The van der Waals surface area contributed by atoms with Gasteiger partial charge in [0.2, 0.25) is 11.8 Å². The quantitative estimate of drug-likeness (QED) is 0.319. The predicted molar refractivity (Wildman–Crippen MR) is 122 cm³/mol. The van der Waals surface area contributed by atoms with Gasteiger partial charge in [-0.1, -0.05) is 48.5 Å². The van der Waals surface area contributed by atoms with Gasteiger partial charge in [0.25, 0.3) is 0 Å². The van der Waals surface area contributed by atoms with Crippen molar-refractivity contribution in [3.8, 4) is 5.75 Å². The molecule has 1 heterocycles. The zero-order chi connectivity index (χ0) is 21.9. The number of ether oxygens (including phenoxy) is 1. The lowest BCUT2D eigenvalue weighted by molar-refractivity contribution is -0.132. The number of allylic oxidation sites excluding steroid dienone is 1. The molecule has 1 aromatic rings. The van der Waals surface area contributed by atoms with Crippen molar-refractivity contribution >= 4 is 23.4 Å². The van der Waals surface area contributed by atoms with Gasteiger partial charge in [0.05, 0.1) is 6.61 Å². The number of nitrogens with one attached hydrogen (secondary N) is 1. The molecule has 1 fully saturated rings. The third kappa shape index (κ3) is 8.23. The second-order valence-electron chi connectivity index (χ2n) is 7.71. The lowest BCUT2D eigenvalue weighted by Crippen LogP contribution is -2.40. The van der Waals surface area contributed by atoms with Crippen molar-refractivity contribution in [3.05, 3.63) is 54.6 Å². The Hall–Kier alpha value is -2.27. The van der Waals surface area contributed by atoms with Crippen LogP contribution < -0.4 is 10.1 Å². The lowest BCUT2D eigenvalue weighted by Gasteiger charge is -2.32. The van der Waals surface area contributed by atoms with Crippen LogP contribution in [0.15, 0.2) is 49.1 Å². The van der Waals surface area contributed by atoms with E-state index in [1.54, 1.807) is 6.08 Å². The van der Waals surface area contributed by atoms with Crippen molar-refractivity contribution in [2.75, 3.05) is 19.7 Å². The largest absolute Gasteiger partial charge is 0.494 e. The smallest absolute Gasteiger partial charge is 0.222 e. The van der Waals surface area contributed by atoms with E-state index < -0.39 is 5.50 Å². The minimum Gasteiger partial charge on any atom is -0.494 e. The molecular weight excluding hydrogens is 400 g/mol. The van der Waals surface area contributed by atoms with Gasteiger partial charge in [-0.3, -0.25) is 9.59 Å². The summed E-state index contributed by atoms with van der Waals surface area (Å²) in [5, 5.41) is 2.81. The molecule has 164 valence electrons. The average molecular weight is 433 g/mol. The van der Waals surface area contributed by atoms with E-state index in [0.717, 1.165) is 36.1 Å². The highest BCUT2D eigenvalue weighted by atomic mass is 35.5. The van der Waals surface area contributed by atoms with Crippen LogP contribution in [0.5, 0.6) is 5.75 Å². The Morgan fingerprint density at radius 2 is 1.97 bits per heavy atom. The molecule has 0 aromatic heterocycles. The Morgan fingerprint density at radius 3 is 2.57 bits per heavy atom. The SMILES string of the molecule is C=CC(=C)C[C@@H](Cl)NC(=O)CC1CCN(C(=O)CCc2ccc(OCC)cc2)CC1. The maximum Gasteiger partial charge on any atom is 0.222 e.